The van der Waals surface area contributed by atoms with Gasteiger partial charge >= 0.3 is 0 Å². The first-order valence-electron chi connectivity index (χ1n) is 8.25. The van der Waals surface area contributed by atoms with Gasteiger partial charge in [-0.05, 0) is 48.2 Å². The van der Waals surface area contributed by atoms with Crippen LogP contribution in [-0.2, 0) is 4.79 Å². The standard InChI is InChI=1S/C20H17N3O2S/c1-13(25-15-6-3-2-4-7-15)20(24)21-19-16-10-9-14(12-17(16)22-23-19)18-8-5-11-26-18/h2-13H,1H3,(H2,21,22,23,24). The highest BCUT2D eigenvalue weighted by Gasteiger charge is 2.17. The molecular formula is C20H17N3O2S. The Morgan fingerprint density at radius 3 is 2.77 bits per heavy atom. The van der Waals surface area contributed by atoms with Gasteiger partial charge in [0.05, 0.1) is 5.52 Å². The Kier molecular flexibility index (Phi) is 4.41. The minimum atomic E-state index is -0.630. The molecule has 26 heavy (non-hydrogen) atoms. The Bertz CT molecular complexity index is 1030. The smallest absolute Gasteiger partial charge is 0.266 e. The average molecular weight is 363 g/mol. The number of nitrogens with one attached hydrogen (secondary N) is 2. The van der Waals surface area contributed by atoms with Crippen LogP contribution in [0.2, 0.25) is 0 Å². The molecule has 6 heteroatoms. The summed E-state index contributed by atoms with van der Waals surface area (Å²) < 4.78 is 5.66. The van der Waals surface area contributed by atoms with Gasteiger partial charge in [0, 0.05) is 10.3 Å². The van der Waals surface area contributed by atoms with Crippen LogP contribution in [0, 0.1) is 0 Å². The van der Waals surface area contributed by atoms with E-state index in [0.717, 1.165) is 16.5 Å². The molecule has 0 fully saturated rings. The van der Waals surface area contributed by atoms with Gasteiger partial charge in [0.1, 0.15) is 5.75 Å². The van der Waals surface area contributed by atoms with E-state index in [-0.39, 0.29) is 5.91 Å². The molecule has 2 aromatic heterocycles. The summed E-state index contributed by atoms with van der Waals surface area (Å²) in [6.45, 7) is 1.71. The van der Waals surface area contributed by atoms with E-state index in [9.17, 15) is 4.79 Å². The van der Waals surface area contributed by atoms with E-state index >= 15 is 0 Å². The van der Waals surface area contributed by atoms with Crippen molar-refractivity contribution in [2.24, 2.45) is 0 Å². The van der Waals surface area contributed by atoms with Crippen LogP contribution in [0.25, 0.3) is 21.3 Å². The van der Waals surface area contributed by atoms with Crippen molar-refractivity contribution in [2.75, 3.05) is 5.32 Å². The average Bonchev–Trinajstić information content (AvgIpc) is 3.32. The predicted octanol–water partition coefficient (Wildman–Crippen LogP) is 4.70. The maximum absolute atomic E-state index is 12.4. The van der Waals surface area contributed by atoms with Gasteiger partial charge in [0.25, 0.3) is 5.91 Å². The van der Waals surface area contributed by atoms with Crippen LogP contribution in [-0.4, -0.2) is 22.2 Å². The topological polar surface area (TPSA) is 67.0 Å². The van der Waals surface area contributed by atoms with E-state index in [1.54, 1.807) is 18.3 Å². The summed E-state index contributed by atoms with van der Waals surface area (Å²) in [6.07, 6.45) is -0.630. The van der Waals surface area contributed by atoms with Gasteiger partial charge in [-0.3, -0.25) is 9.89 Å². The first-order valence-corrected chi connectivity index (χ1v) is 9.13. The van der Waals surface area contributed by atoms with Crippen molar-refractivity contribution in [3.05, 3.63) is 66.0 Å². The molecule has 5 nitrogen and oxygen atoms in total. The third kappa shape index (κ3) is 3.32. The molecule has 1 amide bonds. The molecule has 0 aliphatic carbocycles. The van der Waals surface area contributed by atoms with Crippen LogP contribution < -0.4 is 10.1 Å². The number of para-hydroxylation sites is 1. The maximum Gasteiger partial charge on any atom is 0.266 e. The van der Waals surface area contributed by atoms with Crippen molar-refractivity contribution < 1.29 is 9.53 Å². The number of benzene rings is 2. The van der Waals surface area contributed by atoms with Gasteiger partial charge in [-0.25, -0.2) is 0 Å². The number of hydrogen-bond acceptors (Lipinski definition) is 4. The van der Waals surface area contributed by atoms with Crippen molar-refractivity contribution in [2.45, 2.75) is 13.0 Å². The number of anilines is 1. The van der Waals surface area contributed by atoms with Crippen molar-refractivity contribution in [1.29, 1.82) is 0 Å². The van der Waals surface area contributed by atoms with E-state index < -0.39 is 6.10 Å². The zero-order valence-electron chi connectivity index (χ0n) is 14.1. The summed E-state index contributed by atoms with van der Waals surface area (Å²) in [5.74, 6) is 0.915. The van der Waals surface area contributed by atoms with E-state index in [4.69, 9.17) is 4.74 Å². The molecule has 4 aromatic rings. The Morgan fingerprint density at radius 1 is 1.15 bits per heavy atom. The number of nitrogens with zero attached hydrogens (tertiary/aromatic N) is 1. The third-order valence-corrected chi connectivity index (χ3v) is 4.95. The second-order valence-corrected chi connectivity index (χ2v) is 6.82. The van der Waals surface area contributed by atoms with E-state index in [1.165, 1.54) is 4.88 Å². The second kappa shape index (κ2) is 7.01. The van der Waals surface area contributed by atoms with E-state index in [0.29, 0.717) is 11.6 Å². The highest BCUT2D eigenvalue weighted by atomic mass is 32.1. The Morgan fingerprint density at radius 2 is 2.00 bits per heavy atom. The number of carbonyl (C=O) groups is 1. The summed E-state index contributed by atoms with van der Waals surface area (Å²) in [5, 5.41) is 13.0. The van der Waals surface area contributed by atoms with Gasteiger partial charge in [-0.15, -0.1) is 11.3 Å². The normalized spacial score (nSPS) is 12.0. The van der Waals surface area contributed by atoms with Crippen LogP contribution in [0.15, 0.2) is 66.0 Å². The fourth-order valence-corrected chi connectivity index (χ4v) is 3.41. The van der Waals surface area contributed by atoms with Crippen LogP contribution in [0.4, 0.5) is 5.82 Å². The van der Waals surface area contributed by atoms with Crippen molar-refractivity contribution in [3.8, 4) is 16.2 Å². The lowest BCUT2D eigenvalue weighted by atomic mass is 10.1. The minimum absolute atomic E-state index is 0.246. The molecule has 130 valence electrons. The van der Waals surface area contributed by atoms with E-state index in [1.807, 2.05) is 60.0 Å². The number of H-pyrrole nitrogens is 1. The Labute approximate surface area is 154 Å². The molecule has 2 heterocycles. The van der Waals surface area contributed by atoms with Gasteiger partial charge in [-0.1, -0.05) is 30.3 Å². The molecule has 0 bridgehead atoms. The van der Waals surface area contributed by atoms with Crippen LogP contribution in [0.5, 0.6) is 5.75 Å². The van der Waals surface area contributed by atoms with Crippen LogP contribution in [0.3, 0.4) is 0 Å². The number of amides is 1. The Hall–Kier alpha value is -3.12. The van der Waals surface area contributed by atoms with Crippen LogP contribution >= 0.6 is 11.3 Å². The molecule has 0 spiro atoms. The summed E-state index contributed by atoms with van der Waals surface area (Å²) >= 11 is 1.69. The number of thiophene rings is 1. The minimum Gasteiger partial charge on any atom is -0.481 e. The van der Waals surface area contributed by atoms with Crippen molar-refractivity contribution in [1.82, 2.24) is 10.2 Å². The molecule has 0 aliphatic rings. The lowest BCUT2D eigenvalue weighted by Crippen LogP contribution is -2.30. The zero-order chi connectivity index (χ0) is 17.9. The van der Waals surface area contributed by atoms with Crippen molar-refractivity contribution in [3.63, 3.8) is 0 Å². The molecule has 4 rings (SSSR count). The highest BCUT2D eigenvalue weighted by Crippen LogP contribution is 2.29. The van der Waals surface area contributed by atoms with Crippen molar-refractivity contribution >= 4 is 34.0 Å². The lowest BCUT2D eigenvalue weighted by Gasteiger charge is -2.13. The molecule has 1 unspecified atom stereocenters. The summed E-state index contributed by atoms with van der Waals surface area (Å²) in [4.78, 5) is 13.6. The monoisotopic (exact) mass is 363 g/mol. The lowest BCUT2D eigenvalue weighted by molar-refractivity contribution is -0.122. The number of rotatable bonds is 5. The summed E-state index contributed by atoms with van der Waals surface area (Å²) in [7, 11) is 0. The molecule has 1 atom stereocenters. The molecule has 2 aromatic carbocycles. The Balaban J connectivity index is 1.51. The van der Waals surface area contributed by atoms with Gasteiger partial charge in [0.15, 0.2) is 11.9 Å². The number of carbonyl (C=O) groups excluding carboxylic acids is 1. The molecule has 2 N–H and O–H groups in total. The first-order chi connectivity index (χ1) is 12.7. The number of aromatic amines is 1. The number of hydrogen-bond donors (Lipinski definition) is 2. The van der Waals surface area contributed by atoms with Gasteiger partial charge in [-0.2, -0.15) is 5.10 Å². The number of fused-ring (bicyclic) bond motifs is 1. The fourth-order valence-electron chi connectivity index (χ4n) is 2.69. The number of aromatic nitrogens is 2. The molecular weight excluding hydrogens is 346 g/mol. The third-order valence-electron chi connectivity index (χ3n) is 4.04. The van der Waals surface area contributed by atoms with Crippen LogP contribution in [0.1, 0.15) is 6.92 Å². The van der Waals surface area contributed by atoms with Gasteiger partial charge in [0.2, 0.25) is 0 Å². The van der Waals surface area contributed by atoms with Gasteiger partial charge < -0.3 is 10.1 Å². The first kappa shape index (κ1) is 16.4. The SMILES string of the molecule is CC(Oc1ccccc1)C(=O)Nc1n[nH]c2cc(-c3cccs3)ccc12. The maximum atomic E-state index is 12.4. The summed E-state index contributed by atoms with van der Waals surface area (Å²) in [5.41, 5.74) is 2.00. The largest absolute Gasteiger partial charge is 0.481 e. The summed E-state index contributed by atoms with van der Waals surface area (Å²) in [6, 6.07) is 19.4. The highest BCUT2D eigenvalue weighted by molar-refractivity contribution is 7.13. The quantitative estimate of drug-likeness (QED) is 0.540. The predicted molar refractivity (Wildman–Crippen MR) is 105 cm³/mol. The molecule has 0 saturated carbocycles. The zero-order valence-corrected chi connectivity index (χ0v) is 14.9. The molecule has 0 aliphatic heterocycles. The second-order valence-electron chi connectivity index (χ2n) is 5.87. The number of ether oxygens (including phenoxy) is 1. The molecule has 0 saturated heterocycles. The molecule has 0 radical (unpaired) electrons. The fraction of sp³-hybridized carbons (Fsp3) is 0.100. The van der Waals surface area contributed by atoms with E-state index in [2.05, 4.69) is 21.6 Å².